The smallest absolute Gasteiger partial charge is 0.256 e. The number of anilines is 1. The van der Waals surface area contributed by atoms with Crippen LogP contribution in [0, 0.1) is 0 Å². The van der Waals surface area contributed by atoms with E-state index in [0.29, 0.717) is 12.1 Å². The van der Waals surface area contributed by atoms with Crippen LogP contribution in [0.1, 0.15) is 38.8 Å². The van der Waals surface area contributed by atoms with Crippen molar-refractivity contribution in [2.75, 3.05) is 18.4 Å². The standard InChI is InChI=1S/C37H34N4O3S3/c1-2-41(24-27-13-7-4-8-14-27)47(43,44)29-19-17-28(18-20-29)35(42)39-37-34(36-38-31-15-9-10-16-32(31)45-36)30-21-22-40(25-33(30)46-37)23-26-11-5-3-6-12-26/h3-20H,2,21-25H2,1H3,(H,39,42). The number of fused-ring (bicyclic) bond motifs is 2. The third-order valence-corrected chi connectivity index (χ3v) is 12.5. The summed E-state index contributed by atoms with van der Waals surface area (Å²) in [5.41, 5.74) is 5.77. The van der Waals surface area contributed by atoms with Crippen molar-refractivity contribution in [3.05, 3.63) is 136 Å². The summed E-state index contributed by atoms with van der Waals surface area (Å²) in [5, 5.41) is 4.86. The molecule has 0 bridgehead atoms. The number of amides is 1. The number of hydrogen-bond acceptors (Lipinski definition) is 7. The molecule has 1 aliphatic heterocycles. The van der Waals surface area contributed by atoms with Crippen LogP contribution < -0.4 is 5.32 Å². The lowest BCUT2D eigenvalue weighted by atomic mass is 10.0. The van der Waals surface area contributed by atoms with Crippen molar-refractivity contribution < 1.29 is 13.2 Å². The molecule has 4 aromatic carbocycles. The Morgan fingerprint density at radius 2 is 1.55 bits per heavy atom. The van der Waals surface area contributed by atoms with Crippen molar-refractivity contribution in [3.63, 3.8) is 0 Å². The fraction of sp³-hybridized carbons (Fsp3) is 0.189. The summed E-state index contributed by atoms with van der Waals surface area (Å²) in [6, 6.07) is 34.3. The van der Waals surface area contributed by atoms with Crippen LogP contribution in [-0.2, 0) is 36.1 Å². The van der Waals surface area contributed by atoms with Gasteiger partial charge in [-0.1, -0.05) is 79.7 Å². The van der Waals surface area contributed by atoms with Gasteiger partial charge in [0.1, 0.15) is 10.0 Å². The van der Waals surface area contributed by atoms with Crippen LogP contribution >= 0.6 is 22.7 Å². The van der Waals surface area contributed by atoms with Gasteiger partial charge in [-0.2, -0.15) is 4.31 Å². The van der Waals surface area contributed by atoms with E-state index in [9.17, 15) is 13.2 Å². The number of benzene rings is 4. The van der Waals surface area contributed by atoms with Crippen molar-refractivity contribution in [2.45, 2.75) is 37.9 Å². The molecule has 2 aromatic heterocycles. The molecule has 238 valence electrons. The van der Waals surface area contributed by atoms with Gasteiger partial charge in [-0.25, -0.2) is 13.4 Å². The molecule has 0 spiro atoms. The first kappa shape index (κ1) is 31.4. The Bertz CT molecular complexity index is 2090. The predicted octanol–water partition coefficient (Wildman–Crippen LogP) is 8.05. The number of thiophene rings is 1. The summed E-state index contributed by atoms with van der Waals surface area (Å²) in [5.74, 6) is -0.285. The van der Waals surface area contributed by atoms with Gasteiger partial charge in [0.2, 0.25) is 10.0 Å². The van der Waals surface area contributed by atoms with Crippen LogP contribution in [0.4, 0.5) is 5.00 Å². The number of nitrogens with one attached hydrogen (secondary N) is 1. The Labute approximate surface area is 283 Å². The van der Waals surface area contributed by atoms with Crippen LogP contribution in [0.3, 0.4) is 0 Å². The fourth-order valence-corrected chi connectivity index (χ4v) is 9.82. The molecule has 0 unspecified atom stereocenters. The molecule has 0 radical (unpaired) electrons. The van der Waals surface area contributed by atoms with Crippen molar-refractivity contribution >= 4 is 53.8 Å². The maximum absolute atomic E-state index is 13.7. The lowest BCUT2D eigenvalue weighted by Gasteiger charge is -2.27. The zero-order valence-corrected chi connectivity index (χ0v) is 28.4. The number of thiazole rings is 1. The summed E-state index contributed by atoms with van der Waals surface area (Å²) in [6.07, 6.45) is 0.864. The Kier molecular flexibility index (Phi) is 9.02. The molecule has 0 saturated heterocycles. The molecular formula is C37H34N4O3S3. The van der Waals surface area contributed by atoms with E-state index >= 15 is 0 Å². The Balaban J connectivity index is 1.15. The maximum Gasteiger partial charge on any atom is 0.256 e. The van der Waals surface area contributed by atoms with Crippen molar-refractivity contribution in [1.82, 2.24) is 14.2 Å². The van der Waals surface area contributed by atoms with Gasteiger partial charge in [-0.3, -0.25) is 9.69 Å². The number of nitrogens with zero attached hydrogens (tertiary/aromatic N) is 3. The minimum absolute atomic E-state index is 0.159. The summed E-state index contributed by atoms with van der Waals surface area (Å²) in [4.78, 5) is 22.5. The molecule has 10 heteroatoms. The predicted molar refractivity (Wildman–Crippen MR) is 191 cm³/mol. The quantitative estimate of drug-likeness (QED) is 0.159. The second kappa shape index (κ2) is 13.5. The van der Waals surface area contributed by atoms with Crippen LogP contribution in [0.15, 0.2) is 114 Å². The first-order valence-corrected chi connectivity index (χ1v) is 18.7. The minimum Gasteiger partial charge on any atom is -0.313 e. The molecule has 6 aromatic rings. The Morgan fingerprint density at radius 3 is 2.26 bits per heavy atom. The number of para-hydroxylation sites is 1. The SMILES string of the molecule is CCN(Cc1ccccc1)S(=O)(=O)c1ccc(C(=O)Nc2sc3c(c2-c2nc4ccccc4s2)CCN(Cc2ccccc2)C3)cc1. The summed E-state index contributed by atoms with van der Waals surface area (Å²) in [6.45, 7) is 5.02. The van der Waals surface area contributed by atoms with Gasteiger partial charge >= 0.3 is 0 Å². The van der Waals surface area contributed by atoms with E-state index in [1.54, 1.807) is 34.8 Å². The fourth-order valence-electron chi connectivity index (χ4n) is 5.98. The molecule has 1 amide bonds. The number of hydrogen-bond donors (Lipinski definition) is 1. The van der Waals surface area contributed by atoms with E-state index in [1.807, 2.05) is 61.5 Å². The molecule has 47 heavy (non-hydrogen) atoms. The van der Waals surface area contributed by atoms with E-state index in [1.165, 1.54) is 32.4 Å². The molecule has 1 N–H and O–H groups in total. The topological polar surface area (TPSA) is 82.6 Å². The monoisotopic (exact) mass is 678 g/mol. The van der Waals surface area contributed by atoms with Gasteiger partial charge in [-0.05, 0) is 59.5 Å². The Hall–Kier alpha value is -4.19. The molecule has 0 fully saturated rings. The highest BCUT2D eigenvalue weighted by Gasteiger charge is 2.29. The van der Waals surface area contributed by atoms with Gasteiger partial charge in [0.15, 0.2) is 0 Å². The lowest BCUT2D eigenvalue weighted by Crippen LogP contribution is -2.30. The van der Waals surface area contributed by atoms with Gasteiger partial charge in [0, 0.05) is 48.7 Å². The molecule has 0 aliphatic carbocycles. The highest BCUT2D eigenvalue weighted by atomic mass is 32.2. The zero-order chi connectivity index (χ0) is 32.4. The second-order valence-corrected chi connectivity index (χ2v) is 15.6. The van der Waals surface area contributed by atoms with Crippen LogP contribution in [0.25, 0.3) is 20.8 Å². The molecule has 7 rings (SSSR count). The van der Waals surface area contributed by atoms with Gasteiger partial charge in [0.25, 0.3) is 5.91 Å². The summed E-state index contributed by atoms with van der Waals surface area (Å²) < 4.78 is 29.5. The number of sulfonamides is 1. The van der Waals surface area contributed by atoms with E-state index in [4.69, 9.17) is 4.98 Å². The van der Waals surface area contributed by atoms with E-state index < -0.39 is 10.0 Å². The number of aromatic nitrogens is 1. The van der Waals surface area contributed by atoms with Crippen molar-refractivity contribution in [1.29, 1.82) is 0 Å². The molecule has 7 nitrogen and oxygen atoms in total. The number of carbonyl (C=O) groups excluding carboxylic acids is 1. The Morgan fingerprint density at radius 1 is 0.872 bits per heavy atom. The third kappa shape index (κ3) is 6.65. The van der Waals surface area contributed by atoms with E-state index in [-0.39, 0.29) is 17.3 Å². The average molecular weight is 679 g/mol. The minimum atomic E-state index is -3.74. The van der Waals surface area contributed by atoms with Crippen molar-refractivity contribution in [2.24, 2.45) is 0 Å². The van der Waals surface area contributed by atoms with Crippen LogP contribution in [-0.4, -0.2) is 41.6 Å². The first-order valence-electron chi connectivity index (χ1n) is 15.6. The van der Waals surface area contributed by atoms with Crippen LogP contribution in [0.5, 0.6) is 0 Å². The first-order chi connectivity index (χ1) is 22.9. The second-order valence-electron chi connectivity index (χ2n) is 11.5. The van der Waals surface area contributed by atoms with E-state index in [2.05, 4.69) is 40.5 Å². The number of carbonyl (C=O) groups is 1. The normalized spacial score (nSPS) is 13.6. The maximum atomic E-state index is 13.7. The van der Waals surface area contributed by atoms with Gasteiger partial charge in [0.05, 0.1) is 15.1 Å². The molecular weight excluding hydrogens is 645 g/mol. The molecule has 3 heterocycles. The highest BCUT2D eigenvalue weighted by Crippen LogP contribution is 2.46. The van der Waals surface area contributed by atoms with Gasteiger partial charge < -0.3 is 5.32 Å². The van der Waals surface area contributed by atoms with E-state index in [0.717, 1.165) is 57.4 Å². The zero-order valence-electron chi connectivity index (χ0n) is 25.9. The summed E-state index contributed by atoms with van der Waals surface area (Å²) in [7, 11) is -3.74. The molecule has 0 atom stereocenters. The lowest BCUT2D eigenvalue weighted by molar-refractivity contribution is 0.102. The summed E-state index contributed by atoms with van der Waals surface area (Å²) >= 11 is 3.25. The average Bonchev–Trinajstić information content (AvgIpc) is 3.68. The largest absolute Gasteiger partial charge is 0.313 e. The third-order valence-electron chi connectivity index (χ3n) is 8.43. The van der Waals surface area contributed by atoms with Crippen molar-refractivity contribution in [3.8, 4) is 10.6 Å². The molecule has 0 saturated carbocycles. The van der Waals surface area contributed by atoms with Crippen LogP contribution in [0.2, 0.25) is 0 Å². The van der Waals surface area contributed by atoms with Gasteiger partial charge in [-0.15, -0.1) is 22.7 Å². The number of rotatable bonds is 10. The molecule has 1 aliphatic rings. The highest BCUT2D eigenvalue weighted by molar-refractivity contribution is 7.89.